The molecule has 2 aromatic rings. The van der Waals surface area contributed by atoms with E-state index in [4.69, 9.17) is 11.5 Å². The summed E-state index contributed by atoms with van der Waals surface area (Å²) in [4.78, 5) is 28.2. The van der Waals surface area contributed by atoms with Gasteiger partial charge in [-0.3, -0.25) is 19.6 Å². The van der Waals surface area contributed by atoms with Crippen molar-refractivity contribution in [3.05, 3.63) is 60.2 Å². The number of carbonyl (C=O) groups is 2. The van der Waals surface area contributed by atoms with Crippen LogP contribution in [0.1, 0.15) is 20.7 Å². The zero-order chi connectivity index (χ0) is 13.4. The van der Waals surface area contributed by atoms with Crippen molar-refractivity contribution < 1.29 is 9.59 Å². The smallest absolute Gasteiger partial charge is 0.250 e. The second-order valence-electron chi connectivity index (χ2n) is 3.21. The van der Waals surface area contributed by atoms with E-state index in [0.717, 1.165) is 0 Å². The number of amides is 2. The molecule has 0 saturated heterocycles. The highest BCUT2D eigenvalue weighted by molar-refractivity contribution is 5.92. The van der Waals surface area contributed by atoms with Gasteiger partial charge in [0.25, 0.3) is 0 Å². The maximum absolute atomic E-state index is 10.4. The zero-order valence-corrected chi connectivity index (χ0v) is 9.48. The van der Waals surface area contributed by atoms with Gasteiger partial charge in [-0.15, -0.1) is 0 Å². The van der Waals surface area contributed by atoms with E-state index in [1.165, 1.54) is 12.4 Å². The molecule has 2 rings (SSSR count). The largest absolute Gasteiger partial charge is 0.366 e. The van der Waals surface area contributed by atoms with E-state index < -0.39 is 11.8 Å². The van der Waals surface area contributed by atoms with Gasteiger partial charge in [0.15, 0.2) is 0 Å². The number of carbonyl (C=O) groups excluding carboxylic acids is 2. The molecule has 0 aliphatic heterocycles. The Morgan fingerprint density at radius 3 is 1.39 bits per heavy atom. The summed E-state index contributed by atoms with van der Waals surface area (Å²) in [5.74, 6) is -0.883. The number of hydrogen-bond donors (Lipinski definition) is 2. The minimum atomic E-state index is -0.442. The number of pyridine rings is 2. The summed E-state index contributed by atoms with van der Waals surface area (Å²) >= 11 is 0. The second kappa shape index (κ2) is 6.74. The first-order valence-electron chi connectivity index (χ1n) is 5.01. The molecule has 0 aliphatic rings. The number of nitrogens with zero attached hydrogens (tertiary/aromatic N) is 2. The highest BCUT2D eigenvalue weighted by atomic mass is 16.1. The molecule has 0 aromatic carbocycles. The fraction of sp³-hybridized carbons (Fsp3) is 0. The van der Waals surface area contributed by atoms with Crippen molar-refractivity contribution in [1.82, 2.24) is 9.97 Å². The lowest BCUT2D eigenvalue weighted by molar-refractivity contribution is 0.0991. The van der Waals surface area contributed by atoms with Gasteiger partial charge in [0.2, 0.25) is 11.8 Å². The fourth-order valence-electron chi connectivity index (χ4n) is 1.02. The number of hydrogen-bond acceptors (Lipinski definition) is 4. The Bertz CT molecular complexity index is 465. The molecule has 2 amide bonds. The van der Waals surface area contributed by atoms with E-state index in [1.807, 2.05) is 0 Å². The molecule has 0 radical (unpaired) electrons. The molecule has 2 heterocycles. The second-order valence-corrected chi connectivity index (χ2v) is 3.21. The third kappa shape index (κ3) is 4.40. The summed E-state index contributed by atoms with van der Waals surface area (Å²) in [5.41, 5.74) is 10.8. The van der Waals surface area contributed by atoms with Gasteiger partial charge < -0.3 is 11.5 Å². The van der Waals surface area contributed by atoms with Crippen LogP contribution in [0.3, 0.4) is 0 Å². The van der Waals surface area contributed by atoms with Crippen LogP contribution in [0.25, 0.3) is 0 Å². The topological polar surface area (TPSA) is 112 Å². The van der Waals surface area contributed by atoms with Crippen molar-refractivity contribution >= 4 is 11.8 Å². The summed E-state index contributed by atoms with van der Waals surface area (Å²) < 4.78 is 0. The maximum Gasteiger partial charge on any atom is 0.250 e. The average Bonchev–Trinajstić information content (AvgIpc) is 2.41. The molecular formula is C12H12N4O2. The van der Waals surface area contributed by atoms with Crippen molar-refractivity contribution in [2.24, 2.45) is 11.5 Å². The molecule has 18 heavy (non-hydrogen) atoms. The summed E-state index contributed by atoms with van der Waals surface area (Å²) in [7, 11) is 0. The van der Waals surface area contributed by atoms with Crippen LogP contribution >= 0.6 is 0 Å². The van der Waals surface area contributed by atoms with Crippen LogP contribution < -0.4 is 11.5 Å². The molecule has 0 aliphatic carbocycles. The minimum absolute atomic E-state index is 0.442. The van der Waals surface area contributed by atoms with E-state index in [-0.39, 0.29) is 0 Å². The molecule has 6 nitrogen and oxygen atoms in total. The lowest BCUT2D eigenvalue weighted by atomic mass is 10.3. The minimum Gasteiger partial charge on any atom is -0.366 e. The van der Waals surface area contributed by atoms with Crippen molar-refractivity contribution in [2.75, 3.05) is 0 Å². The molecule has 0 unspecified atom stereocenters. The molecule has 0 fully saturated rings. The normalized spacial score (nSPS) is 8.89. The number of nitrogens with two attached hydrogens (primary N) is 2. The molecule has 0 atom stereocenters. The molecular weight excluding hydrogens is 232 g/mol. The van der Waals surface area contributed by atoms with Crippen LogP contribution in [0.4, 0.5) is 0 Å². The quantitative estimate of drug-likeness (QED) is 0.794. The van der Waals surface area contributed by atoms with E-state index >= 15 is 0 Å². The fourth-order valence-corrected chi connectivity index (χ4v) is 1.02. The van der Waals surface area contributed by atoms with Crippen LogP contribution in [0, 0.1) is 0 Å². The highest BCUT2D eigenvalue weighted by Gasteiger charge is 1.95. The molecule has 4 N–H and O–H groups in total. The Hall–Kier alpha value is -2.76. The van der Waals surface area contributed by atoms with Gasteiger partial charge in [0.05, 0.1) is 11.1 Å². The lowest BCUT2D eigenvalue weighted by Crippen LogP contribution is -2.10. The van der Waals surface area contributed by atoms with Crippen molar-refractivity contribution in [3.8, 4) is 0 Å². The van der Waals surface area contributed by atoms with Crippen molar-refractivity contribution in [1.29, 1.82) is 0 Å². The number of primary amides is 2. The Labute approximate surface area is 104 Å². The monoisotopic (exact) mass is 244 g/mol. The predicted octanol–water partition coefficient (Wildman–Crippen LogP) is 0.361. The van der Waals surface area contributed by atoms with Crippen molar-refractivity contribution in [3.63, 3.8) is 0 Å². The van der Waals surface area contributed by atoms with Gasteiger partial charge in [-0.25, -0.2) is 0 Å². The zero-order valence-electron chi connectivity index (χ0n) is 9.48. The van der Waals surface area contributed by atoms with Crippen LogP contribution in [0.2, 0.25) is 0 Å². The molecule has 0 spiro atoms. The van der Waals surface area contributed by atoms with Gasteiger partial charge >= 0.3 is 0 Å². The maximum atomic E-state index is 10.4. The van der Waals surface area contributed by atoms with Crippen LogP contribution in [-0.2, 0) is 0 Å². The summed E-state index contributed by atoms with van der Waals surface area (Å²) in [5, 5.41) is 0. The summed E-state index contributed by atoms with van der Waals surface area (Å²) in [6.45, 7) is 0. The molecule has 0 bridgehead atoms. The Morgan fingerprint density at radius 1 is 0.833 bits per heavy atom. The third-order valence-electron chi connectivity index (χ3n) is 1.89. The van der Waals surface area contributed by atoms with E-state index in [0.29, 0.717) is 11.1 Å². The lowest BCUT2D eigenvalue weighted by Gasteiger charge is -1.88. The SMILES string of the molecule is NC(=O)c1cccnc1.NC(=O)c1cccnc1. The molecule has 92 valence electrons. The first kappa shape index (κ1) is 13.3. The predicted molar refractivity (Wildman–Crippen MR) is 65.5 cm³/mol. The van der Waals surface area contributed by atoms with E-state index in [1.54, 1.807) is 36.7 Å². The number of aromatic nitrogens is 2. The summed E-state index contributed by atoms with van der Waals surface area (Å²) in [6, 6.07) is 6.57. The highest BCUT2D eigenvalue weighted by Crippen LogP contribution is 1.92. The van der Waals surface area contributed by atoms with Crippen LogP contribution in [0.5, 0.6) is 0 Å². The first-order chi connectivity index (χ1) is 8.61. The van der Waals surface area contributed by atoms with Gasteiger partial charge in [0.1, 0.15) is 0 Å². The number of rotatable bonds is 2. The van der Waals surface area contributed by atoms with Crippen molar-refractivity contribution in [2.45, 2.75) is 0 Å². The Kier molecular flexibility index (Phi) is 4.98. The Balaban J connectivity index is 0.000000180. The Morgan fingerprint density at radius 2 is 1.22 bits per heavy atom. The molecule has 6 heteroatoms. The van der Waals surface area contributed by atoms with Gasteiger partial charge in [-0.1, -0.05) is 0 Å². The molecule has 2 aromatic heterocycles. The van der Waals surface area contributed by atoms with E-state index in [2.05, 4.69) is 9.97 Å². The van der Waals surface area contributed by atoms with Crippen LogP contribution in [-0.4, -0.2) is 21.8 Å². The average molecular weight is 244 g/mol. The van der Waals surface area contributed by atoms with Crippen LogP contribution in [0.15, 0.2) is 49.1 Å². The van der Waals surface area contributed by atoms with Gasteiger partial charge in [-0.2, -0.15) is 0 Å². The summed E-state index contributed by atoms with van der Waals surface area (Å²) in [6.07, 6.45) is 6.05. The molecule has 0 saturated carbocycles. The van der Waals surface area contributed by atoms with Gasteiger partial charge in [-0.05, 0) is 24.3 Å². The van der Waals surface area contributed by atoms with Gasteiger partial charge in [0, 0.05) is 24.8 Å². The first-order valence-corrected chi connectivity index (χ1v) is 5.01. The van der Waals surface area contributed by atoms with E-state index in [9.17, 15) is 9.59 Å². The standard InChI is InChI=1S/2C6H6N2O/c2*7-6(9)5-2-1-3-8-4-5/h2*1-4H,(H2,7,9). The third-order valence-corrected chi connectivity index (χ3v) is 1.89.